The van der Waals surface area contributed by atoms with Crippen molar-refractivity contribution in [2.45, 2.75) is 31.6 Å². The molecule has 1 heterocycles. The first-order valence-electron chi connectivity index (χ1n) is 8.33. The Morgan fingerprint density at radius 1 is 1.12 bits per heavy atom. The van der Waals surface area contributed by atoms with Crippen LogP contribution in [-0.4, -0.2) is 37.4 Å². The first kappa shape index (κ1) is 17.1. The van der Waals surface area contributed by atoms with Crippen LogP contribution in [0.25, 0.3) is 0 Å². The van der Waals surface area contributed by atoms with E-state index in [4.69, 9.17) is 14.2 Å². The highest BCUT2D eigenvalue weighted by Crippen LogP contribution is 2.40. The van der Waals surface area contributed by atoms with Gasteiger partial charge in [-0.15, -0.1) is 0 Å². The van der Waals surface area contributed by atoms with Crippen LogP contribution in [-0.2, 0) is 0 Å². The number of carbonyl (C=O) groups is 1. The summed E-state index contributed by atoms with van der Waals surface area (Å²) >= 11 is 0. The fraction of sp³-hybridized carbons (Fsp3) is 0.444. The topological polar surface area (TPSA) is 85.5 Å². The number of anilines is 1. The van der Waals surface area contributed by atoms with Crippen molar-refractivity contribution < 1.29 is 19.0 Å². The quantitative estimate of drug-likeness (QED) is 0.838. The predicted octanol–water partition coefficient (Wildman–Crippen LogP) is 3.35. The Balaban J connectivity index is 1.81. The molecule has 134 valence electrons. The highest BCUT2D eigenvalue weighted by molar-refractivity contribution is 6.06. The molecule has 0 bridgehead atoms. The first-order chi connectivity index (χ1) is 12.2. The number of amides is 1. The summed E-state index contributed by atoms with van der Waals surface area (Å²) in [6.45, 7) is 0. The van der Waals surface area contributed by atoms with Crippen LogP contribution in [0, 0.1) is 0 Å². The lowest BCUT2D eigenvalue weighted by Crippen LogP contribution is -2.14. The normalized spacial score (nSPS) is 14.4. The predicted molar refractivity (Wildman–Crippen MR) is 93.8 cm³/mol. The third kappa shape index (κ3) is 3.40. The van der Waals surface area contributed by atoms with Crippen LogP contribution < -0.4 is 19.5 Å². The van der Waals surface area contributed by atoms with Crippen molar-refractivity contribution in [3.63, 3.8) is 0 Å². The molecule has 1 aromatic heterocycles. The Morgan fingerprint density at radius 2 is 1.84 bits per heavy atom. The van der Waals surface area contributed by atoms with Crippen LogP contribution in [0.4, 0.5) is 5.82 Å². The van der Waals surface area contributed by atoms with Gasteiger partial charge in [-0.25, -0.2) is 0 Å². The number of nitrogens with one attached hydrogen (secondary N) is 2. The standard InChI is InChI=1S/C18H23N3O4/c1-23-14-9-8-12(16(24-2)17(14)25-3)18(22)19-15-10-13(20-21-15)11-6-4-5-7-11/h8-11H,4-7H2,1-3H3,(H2,19,20,21,22). The highest BCUT2D eigenvalue weighted by Gasteiger charge is 2.23. The molecule has 1 amide bonds. The summed E-state index contributed by atoms with van der Waals surface area (Å²) in [5.74, 6) is 1.90. The second-order valence-electron chi connectivity index (χ2n) is 6.03. The number of methoxy groups -OCH3 is 3. The molecule has 2 aromatic rings. The summed E-state index contributed by atoms with van der Waals surface area (Å²) in [4.78, 5) is 12.7. The van der Waals surface area contributed by atoms with Crippen LogP contribution in [0.2, 0.25) is 0 Å². The molecular formula is C18H23N3O4. The van der Waals surface area contributed by atoms with Gasteiger partial charge in [0.05, 0.1) is 26.9 Å². The smallest absolute Gasteiger partial charge is 0.260 e. The largest absolute Gasteiger partial charge is 0.493 e. The third-order valence-corrected chi connectivity index (χ3v) is 4.58. The molecule has 1 aliphatic carbocycles. The van der Waals surface area contributed by atoms with E-state index in [1.165, 1.54) is 47.0 Å². The molecule has 0 unspecified atom stereocenters. The molecule has 0 saturated heterocycles. The van der Waals surface area contributed by atoms with Crippen LogP contribution in [0.3, 0.4) is 0 Å². The van der Waals surface area contributed by atoms with E-state index in [1.807, 2.05) is 6.07 Å². The average molecular weight is 345 g/mol. The molecule has 0 radical (unpaired) electrons. The summed E-state index contributed by atoms with van der Waals surface area (Å²) in [7, 11) is 4.52. The van der Waals surface area contributed by atoms with E-state index < -0.39 is 0 Å². The fourth-order valence-corrected chi connectivity index (χ4v) is 3.31. The van der Waals surface area contributed by atoms with Gasteiger partial charge in [0.2, 0.25) is 5.75 Å². The van der Waals surface area contributed by atoms with Crippen molar-refractivity contribution in [3.8, 4) is 17.2 Å². The van der Waals surface area contributed by atoms with Gasteiger partial charge in [0.1, 0.15) is 0 Å². The highest BCUT2D eigenvalue weighted by atomic mass is 16.5. The van der Waals surface area contributed by atoms with Crippen LogP contribution in [0.1, 0.15) is 47.7 Å². The number of benzene rings is 1. The maximum atomic E-state index is 12.7. The Bertz CT molecular complexity index is 751. The van der Waals surface area contributed by atoms with Crippen molar-refractivity contribution in [3.05, 3.63) is 29.5 Å². The zero-order valence-electron chi connectivity index (χ0n) is 14.7. The van der Waals surface area contributed by atoms with Gasteiger partial charge in [-0.2, -0.15) is 5.10 Å². The summed E-state index contributed by atoms with van der Waals surface area (Å²) in [5.41, 5.74) is 1.43. The van der Waals surface area contributed by atoms with Crippen molar-refractivity contribution in [1.82, 2.24) is 10.2 Å². The number of aromatic amines is 1. The lowest BCUT2D eigenvalue weighted by Gasteiger charge is -2.15. The van der Waals surface area contributed by atoms with Crippen molar-refractivity contribution in [2.75, 3.05) is 26.6 Å². The Hall–Kier alpha value is -2.70. The minimum atomic E-state index is -0.317. The molecule has 7 nitrogen and oxygen atoms in total. The molecule has 1 aromatic carbocycles. The van der Waals surface area contributed by atoms with Gasteiger partial charge in [-0.05, 0) is 25.0 Å². The molecule has 0 aliphatic heterocycles. The maximum absolute atomic E-state index is 12.7. The zero-order chi connectivity index (χ0) is 17.8. The molecule has 0 atom stereocenters. The number of nitrogens with zero attached hydrogens (tertiary/aromatic N) is 1. The van der Waals surface area contributed by atoms with Crippen LogP contribution in [0.15, 0.2) is 18.2 Å². The Kier molecular flexibility index (Phi) is 5.11. The van der Waals surface area contributed by atoms with Crippen LogP contribution in [0.5, 0.6) is 17.2 Å². The van der Waals surface area contributed by atoms with Crippen LogP contribution >= 0.6 is 0 Å². The van der Waals surface area contributed by atoms with Crippen molar-refractivity contribution >= 4 is 11.7 Å². The molecule has 7 heteroatoms. The van der Waals surface area contributed by atoms with Gasteiger partial charge in [0, 0.05) is 17.7 Å². The monoisotopic (exact) mass is 345 g/mol. The molecule has 3 rings (SSSR count). The lowest BCUT2D eigenvalue weighted by atomic mass is 10.0. The number of H-pyrrole nitrogens is 1. The number of ether oxygens (including phenoxy) is 3. The van der Waals surface area contributed by atoms with Crippen molar-refractivity contribution in [2.24, 2.45) is 0 Å². The number of hydrogen-bond donors (Lipinski definition) is 2. The van der Waals surface area contributed by atoms with E-state index in [0.717, 1.165) is 5.69 Å². The van der Waals surface area contributed by atoms with E-state index in [0.29, 0.717) is 34.5 Å². The average Bonchev–Trinajstić information content (AvgIpc) is 3.31. The van der Waals surface area contributed by atoms with E-state index in [-0.39, 0.29) is 5.91 Å². The molecule has 1 aliphatic rings. The molecule has 2 N–H and O–H groups in total. The van der Waals surface area contributed by atoms with Crippen molar-refractivity contribution in [1.29, 1.82) is 0 Å². The summed E-state index contributed by atoms with van der Waals surface area (Å²) in [5, 5.41) is 10.0. The van der Waals surface area contributed by atoms with Gasteiger partial charge in [-0.1, -0.05) is 12.8 Å². The molecule has 0 spiro atoms. The van der Waals surface area contributed by atoms with Gasteiger partial charge in [-0.3, -0.25) is 9.89 Å². The van der Waals surface area contributed by atoms with E-state index in [9.17, 15) is 4.79 Å². The van der Waals surface area contributed by atoms with Gasteiger partial charge in [0.15, 0.2) is 17.3 Å². The maximum Gasteiger partial charge on any atom is 0.260 e. The number of rotatable bonds is 6. The zero-order valence-corrected chi connectivity index (χ0v) is 14.7. The molecule has 1 fully saturated rings. The Labute approximate surface area is 146 Å². The third-order valence-electron chi connectivity index (χ3n) is 4.58. The number of hydrogen-bond acceptors (Lipinski definition) is 5. The number of carbonyl (C=O) groups excluding carboxylic acids is 1. The van der Waals surface area contributed by atoms with E-state index in [1.54, 1.807) is 12.1 Å². The molecular weight excluding hydrogens is 322 g/mol. The van der Waals surface area contributed by atoms with Gasteiger partial charge >= 0.3 is 0 Å². The minimum absolute atomic E-state index is 0.317. The summed E-state index contributed by atoms with van der Waals surface area (Å²) < 4.78 is 15.9. The minimum Gasteiger partial charge on any atom is -0.493 e. The Morgan fingerprint density at radius 3 is 2.48 bits per heavy atom. The first-order valence-corrected chi connectivity index (χ1v) is 8.33. The SMILES string of the molecule is COc1ccc(C(=O)Nc2cc(C3CCCC3)[nH]n2)c(OC)c1OC. The number of aromatic nitrogens is 2. The van der Waals surface area contributed by atoms with Gasteiger partial charge in [0.25, 0.3) is 5.91 Å². The van der Waals surface area contributed by atoms with Gasteiger partial charge < -0.3 is 19.5 Å². The van der Waals surface area contributed by atoms with E-state index in [2.05, 4.69) is 15.5 Å². The molecule has 25 heavy (non-hydrogen) atoms. The fourth-order valence-electron chi connectivity index (χ4n) is 3.31. The van der Waals surface area contributed by atoms with E-state index >= 15 is 0 Å². The second kappa shape index (κ2) is 7.46. The summed E-state index contributed by atoms with van der Waals surface area (Å²) in [6, 6.07) is 5.21. The summed E-state index contributed by atoms with van der Waals surface area (Å²) in [6.07, 6.45) is 4.82. The second-order valence-corrected chi connectivity index (χ2v) is 6.03. The lowest BCUT2D eigenvalue weighted by molar-refractivity contribution is 0.102. The molecule has 1 saturated carbocycles.